The monoisotopic (exact) mass is 361 g/mol. The maximum atomic E-state index is 4.63. The average Bonchev–Trinajstić information content (AvgIpc) is 2.75. The molecule has 1 aliphatic rings. The lowest BCUT2D eigenvalue weighted by Crippen LogP contribution is -2.46. The van der Waals surface area contributed by atoms with Crippen LogP contribution in [0, 0.1) is 0 Å². The molecule has 0 radical (unpaired) electrons. The van der Waals surface area contributed by atoms with Crippen molar-refractivity contribution in [2.24, 2.45) is 0 Å². The average molecular weight is 361 g/mol. The van der Waals surface area contributed by atoms with Crippen molar-refractivity contribution < 1.29 is 0 Å². The van der Waals surface area contributed by atoms with Crippen LogP contribution in [-0.2, 0) is 13.1 Å². The number of nitrogens with one attached hydrogen (secondary N) is 1. The standard InChI is InChI=1S/C20H23N7/c1-2-4-18(5-3-1)16-26-10-12-27(13-11-26)19-15-23-25-20(24-19)22-14-17-6-8-21-9-7-17/h1-9,15H,10-14,16H2,(H,22,24,25). The second kappa shape index (κ2) is 8.55. The summed E-state index contributed by atoms with van der Waals surface area (Å²) >= 11 is 0. The highest BCUT2D eigenvalue weighted by Crippen LogP contribution is 2.15. The van der Waals surface area contributed by atoms with Crippen LogP contribution in [0.4, 0.5) is 11.8 Å². The summed E-state index contributed by atoms with van der Waals surface area (Å²) in [4.78, 5) is 13.4. The van der Waals surface area contributed by atoms with Crippen molar-refractivity contribution in [3.63, 3.8) is 0 Å². The molecule has 7 nitrogen and oxygen atoms in total. The highest BCUT2D eigenvalue weighted by atomic mass is 15.3. The highest BCUT2D eigenvalue weighted by Gasteiger charge is 2.18. The fourth-order valence-electron chi connectivity index (χ4n) is 3.18. The van der Waals surface area contributed by atoms with Gasteiger partial charge in [0.25, 0.3) is 0 Å². The summed E-state index contributed by atoms with van der Waals surface area (Å²) < 4.78 is 0. The Balaban J connectivity index is 1.32. The van der Waals surface area contributed by atoms with Gasteiger partial charge < -0.3 is 10.2 Å². The fourth-order valence-corrected chi connectivity index (χ4v) is 3.18. The van der Waals surface area contributed by atoms with E-state index in [1.807, 2.05) is 12.1 Å². The third-order valence-electron chi connectivity index (χ3n) is 4.69. The minimum atomic E-state index is 0.552. The van der Waals surface area contributed by atoms with Gasteiger partial charge in [0.15, 0.2) is 5.82 Å². The molecule has 0 saturated carbocycles. The number of aromatic nitrogens is 4. The molecule has 1 N–H and O–H groups in total. The van der Waals surface area contributed by atoms with Gasteiger partial charge in [-0.25, -0.2) is 0 Å². The molecule has 0 amide bonds. The second-order valence-electron chi connectivity index (χ2n) is 6.60. The number of anilines is 2. The van der Waals surface area contributed by atoms with Crippen LogP contribution in [0.3, 0.4) is 0 Å². The summed E-state index contributed by atoms with van der Waals surface area (Å²) in [5.74, 6) is 1.43. The van der Waals surface area contributed by atoms with Crippen LogP contribution in [0.15, 0.2) is 61.1 Å². The molecule has 0 spiro atoms. The van der Waals surface area contributed by atoms with Gasteiger partial charge in [0, 0.05) is 51.7 Å². The molecule has 0 atom stereocenters. The lowest BCUT2D eigenvalue weighted by molar-refractivity contribution is 0.249. The molecule has 0 bridgehead atoms. The van der Waals surface area contributed by atoms with E-state index in [2.05, 4.69) is 65.6 Å². The molecule has 3 aromatic rings. The quantitative estimate of drug-likeness (QED) is 0.722. The van der Waals surface area contributed by atoms with Crippen LogP contribution >= 0.6 is 0 Å². The normalized spacial score (nSPS) is 14.9. The van der Waals surface area contributed by atoms with Crippen molar-refractivity contribution >= 4 is 11.8 Å². The van der Waals surface area contributed by atoms with Gasteiger partial charge in [-0.1, -0.05) is 30.3 Å². The van der Waals surface area contributed by atoms with Gasteiger partial charge >= 0.3 is 0 Å². The van der Waals surface area contributed by atoms with Gasteiger partial charge in [-0.05, 0) is 23.3 Å². The first-order valence-corrected chi connectivity index (χ1v) is 9.20. The first kappa shape index (κ1) is 17.4. The summed E-state index contributed by atoms with van der Waals surface area (Å²) in [7, 11) is 0. The minimum absolute atomic E-state index is 0.552. The Labute approximate surface area is 159 Å². The number of hydrogen-bond donors (Lipinski definition) is 1. The van der Waals surface area contributed by atoms with Crippen LogP contribution in [0.25, 0.3) is 0 Å². The first-order chi connectivity index (χ1) is 13.4. The van der Waals surface area contributed by atoms with E-state index in [1.54, 1.807) is 18.6 Å². The third-order valence-corrected chi connectivity index (χ3v) is 4.69. The molecule has 0 aliphatic carbocycles. The highest BCUT2D eigenvalue weighted by molar-refractivity contribution is 5.41. The van der Waals surface area contributed by atoms with Crippen molar-refractivity contribution in [3.05, 3.63) is 72.2 Å². The Bertz CT molecular complexity index is 833. The van der Waals surface area contributed by atoms with Crippen LogP contribution in [0.5, 0.6) is 0 Å². The number of benzene rings is 1. The van der Waals surface area contributed by atoms with Gasteiger partial charge in [0.2, 0.25) is 5.95 Å². The van der Waals surface area contributed by atoms with E-state index in [9.17, 15) is 0 Å². The summed E-state index contributed by atoms with van der Waals surface area (Å²) in [6.07, 6.45) is 5.30. The van der Waals surface area contributed by atoms with Crippen molar-refractivity contribution in [1.82, 2.24) is 25.1 Å². The Kier molecular flexibility index (Phi) is 5.50. The molecule has 3 heterocycles. The number of rotatable bonds is 6. The molecule has 4 rings (SSSR count). The van der Waals surface area contributed by atoms with E-state index in [1.165, 1.54) is 5.56 Å². The van der Waals surface area contributed by atoms with Crippen LogP contribution in [-0.4, -0.2) is 51.2 Å². The predicted octanol–water partition coefficient (Wildman–Crippen LogP) is 2.20. The lowest BCUT2D eigenvalue weighted by atomic mass is 10.2. The summed E-state index contributed by atoms with van der Waals surface area (Å²) in [6.45, 7) is 5.55. The summed E-state index contributed by atoms with van der Waals surface area (Å²) in [5, 5.41) is 11.4. The maximum absolute atomic E-state index is 4.63. The van der Waals surface area contributed by atoms with E-state index in [-0.39, 0.29) is 0 Å². The van der Waals surface area contributed by atoms with Crippen LogP contribution in [0.2, 0.25) is 0 Å². The lowest BCUT2D eigenvalue weighted by Gasteiger charge is -2.35. The van der Waals surface area contributed by atoms with Crippen LogP contribution in [0.1, 0.15) is 11.1 Å². The molecule has 1 saturated heterocycles. The number of nitrogens with zero attached hydrogens (tertiary/aromatic N) is 6. The zero-order chi connectivity index (χ0) is 18.3. The van der Waals surface area contributed by atoms with E-state index < -0.39 is 0 Å². The molecule has 7 heteroatoms. The molecular formula is C20H23N7. The first-order valence-electron chi connectivity index (χ1n) is 9.20. The van der Waals surface area contributed by atoms with E-state index in [0.717, 1.165) is 44.1 Å². The van der Waals surface area contributed by atoms with Gasteiger partial charge in [-0.3, -0.25) is 9.88 Å². The zero-order valence-electron chi connectivity index (χ0n) is 15.2. The van der Waals surface area contributed by atoms with Crippen molar-refractivity contribution in [1.29, 1.82) is 0 Å². The molecule has 1 fully saturated rings. The topological polar surface area (TPSA) is 70.1 Å². The molecule has 1 aliphatic heterocycles. The van der Waals surface area contributed by atoms with E-state index >= 15 is 0 Å². The Morgan fingerprint density at radius 1 is 0.889 bits per heavy atom. The summed E-state index contributed by atoms with van der Waals surface area (Å²) in [6, 6.07) is 14.6. The van der Waals surface area contributed by atoms with Gasteiger partial charge in [0.05, 0.1) is 6.20 Å². The van der Waals surface area contributed by atoms with E-state index in [0.29, 0.717) is 12.5 Å². The smallest absolute Gasteiger partial charge is 0.244 e. The molecular weight excluding hydrogens is 338 g/mol. The largest absolute Gasteiger partial charge is 0.353 e. The molecule has 138 valence electrons. The SMILES string of the molecule is c1ccc(CN2CCN(c3cnnc(NCc4ccncc4)n3)CC2)cc1. The van der Waals surface area contributed by atoms with Crippen molar-refractivity contribution in [2.45, 2.75) is 13.1 Å². The Morgan fingerprint density at radius 3 is 2.44 bits per heavy atom. The fraction of sp³-hybridized carbons (Fsp3) is 0.300. The maximum Gasteiger partial charge on any atom is 0.244 e. The van der Waals surface area contributed by atoms with E-state index in [4.69, 9.17) is 0 Å². The molecule has 1 aromatic carbocycles. The number of hydrogen-bond acceptors (Lipinski definition) is 7. The van der Waals surface area contributed by atoms with Gasteiger partial charge in [-0.15, -0.1) is 5.10 Å². The summed E-state index contributed by atoms with van der Waals surface area (Å²) in [5.41, 5.74) is 2.49. The predicted molar refractivity (Wildman–Crippen MR) is 105 cm³/mol. The minimum Gasteiger partial charge on any atom is -0.353 e. The Hall–Kier alpha value is -3.06. The Morgan fingerprint density at radius 2 is 1.67 bits per heavy atom. The van der Waals surface area contributed by atoms with Gasteiger partial charge in [-0.2, -0.15) is 10.1 Å². The van der Waals surface area contributed by atoms with Crippen molar-refractivity contribution in [2.75, 3.05) is 36.4 Å². The van der Waals surface area contributed by atoms with Crippen LogP contribution < -0.4 is 10.2 Å². The molecule has 0 unspecified atom stereocenters. The molecule has 2 aromatic heterocycles. The van der Waals surface area contributed by atoms with Gasteiger partial charge in [0.1, 0.15) is 0 Å². The number of piperazine rings is 1. The number of pyridine rings is 1. The second-order valence-corrected chi connectivity index (χ2v) is 6.60. The molecule has 27 heavy (non-hydrogen) atoms. The van der Waals surface area contributed by atoms with Crippen molar-refractivity contribution in [3.8, 4) is 0 Å². The zero-order valence-corrected chi connectivity index (χ0v) is 15.2. The third kappa shape index (κ3) is 4.77.